The normalized spacial score (nSPS) is 22.3. The maximum Gasteiger partial charge on any atom is 0.312 e. The summed E-state index contributed by atoms with van der Waals surface area (Å²) in [7, 11) is 1.92. The molecule has 0 bridgehead atoms. The fourth-order valence-electron chi connectivity index (χ4n) is 2.14. The third-order valence-electron chi connectivity index (χ3n) is 3.10. The standard InChI is InChI=1S/C12H15BrN2O3/c1-14-7-8-4-10(5-8)18-12-3-2-9(13)6-11(12)15(16)17/h2-3,6,8,10,14H,4-5,7H2,1H3. The van der Waals surface area contributed by atoms with Gasteiger partial charge in [0.1, 0.15) is 0 Å². The number of nitro groups is 1. The predicted octanol–water partition coefficient (Wildman–Crippen LogP) is 2.73. The van der Waals surface area contributed by atoms with Crippen molar-refractivity contribution < 1.29 is 9.66 Å². The zero-order valence-corrected chi connectivity index (χ0v) is 11.6. The summed E-state index contributed by atoms with van der Waals surface area (Å²) in [5.74, 6) is 0.977. The molecule has 1 N–H and O–H groups in total. The molecule has 0 aliphatic heterocycles. The lowest BCUT2D eigenvalue weighted by Crippen LogP contribution is -2.38. The molecule has 0 spiro atoms. The number of hydrogen-bond donors (Lipinski definition) is 1. The van der Waals surface area contributed by atoms with Crippen molar-refractivity contribution in [1.29, 1.82) is 0 Å². The lowest BCUT2D eigenvalue weighted by molar-refractivity contribution is -0.386. The van der Waals surface area contributed by atoms with Crippen molar-refractivity contribution in [2.24, 2.45) is 5.92 Å². The van der Waals surface area contributed by atoms with Crippen molar-refractivity contribution in [3.05, 3.63) is 32.8 Å². The molecule has 0 heterocycles. The van der Waals surface area contributed by atoms with E-state index in [0.29, 0.717) is 16.1 Å². The Hall–Kier alpha value is -1.14. The van der Waals surface area contributed by atoms with E-state index in [1.807, 2.05) is 7.05 Å². The summed E-state index contributed by atoms with van der Waals surface area (Å²) in [6, 6.07) is 4.87. The van der Waals surface area contributed by atoms with Gasteiger partial charge in [0.2, 0.25) is 0 Å². The maximum atomic E-state index is 10.9. The molecule has 1 aliphatic carbocycles. The number of nitrogens with zero attached hydrogens (tertiary/aromatic N) is 1. The molecular weight excluding hydrogens is 300 g/mol. The number of halogens is 1. The fourth-order valence-corrected chi connectivity index (χ4v) is 2.49. The van der Waals surface area contributed by atoms with Crippen molar-refractivity contribution >= 4 is 21.6 Å². The first-order chi connectivity index (χ1) is 8.60. The number of benzene rings is 1. The smallest absolute Gasteiger partial charge is 0.312 e. The molecule has 1 fully saturated rings. The van der Waals surface area contributed by atoms with E-state index in [-0.39, 0.29) is 11.8 Å². The molecule has 1 aliphatic rings. The average molecular weight is 315 g/mol. The summed E-state index contributed by atoms with van der Waals surface area (Å²) >= 11 is 3.22. The minimum atomic E-state index is -0.413. The Morgan fingerprint density at radius 3 is 2.89 bits per heavy atom. The third kappa shape index (κ3) is 3.00. The molecule has 5 nitrogen and oxygen atoms in total. The van der Waals surface area contributed by atoms with Crippen LogP contribution >= 0.6 is 15.9 Å². The molecular formula is C12H15BrN2O3. The number of nitrogens with one attached hydrogen (secondary N) is 1. The Kier molecular flexibility index (Phi) is 4.19. The zero-order chi connectivity index (χ0) is 13.1. The van der Waals surface area contributed by atoms with E-state index in [0.717, 1.165) is 19.4 Å². The second-order valence-corrected chi connectivity index (χ2v) is 5.42. The molecule has 0 aromatic heterocycles. The molecule has 0 saturated heterocycles. The highest BCUT2D eigenvalue weighted by Crippen LogP contribution is 2.36. The van der Waals surface area contributed by atoms with E-state index in [4.69, 9.17) is 4.74 Å². The lowest BCUT2D eigenvalue weighted by Gasteiger charge is -2.35. The molecule has 1 saturated carbocycles. The van der Waals surface area contributed by atoms with E-state index in [9.17, 15) is 10.1 Å². The zero-order valence-electron chi connectivity index (χ0n) is 10.1. The minimum Gasteiger partial charge on any atom is -0.483 e. The molecule has 6 heteroatoms. The van der Waals surface area contributed by atoms with Crippen LogP contribution < -0.4 is 10.1 Å². The Labute approximate surface area is 114 Å². The van der Waals surface area contributed by atoms with Crippen LogP contribution in [0, 0.1) is 16.0 Å². The van der Waals surface area contributed by atoms with Crippen LogP contribution in [0.5, 0.6) is 5.75 Å². The third-order valence-corrected chi connectivity index (χ3v) is 3.59. The Morgan fingerprint density at radius 1 is 1.56 bits per heavy atom. The van der Waals surface area contributed by atoms with Crippen molar-refractivity contribution in [1.82, 2.24) is 5.32 Å². The lowest BCUT2D eigenvalue weighted by atomic mass is 9.82. The first kappa shape index (κ1) is 13.3. The monoisotopic (exact) mass is 314 g/mol. The maximum absolute atomic E-state index is 10.9. The number of ether oxygens (including phenoxy) is 1. The minimum absolute atomic E-state index is 0.0152. The number of hydrogen-bond acceptors (Lipinski definition) is 4. The molecule has 1 aromatic rings. The highest BCUT2D eigenvalue weighted by molar-refractivity contribution is 9.10. The summed E-state index contributed by atoms with van der Waals surface area (Å²) in [4.78, 5) is 10.5. The van der Waals surface area contributed by atoms with Gasteiger partial charge in [-0.05, 0) is 44.5 Å². The molecule has 0 atom stereocenters. The molecule has 98 valence electrons. The second-order valence-electron chi connectivity index (χ2n) is 4.50. The highest BCUT2D eigenvalue weighted by Gasteiger charge is 2.31. The van der Waals surface area contributed by atoms with E-state index >= 15 is 0 Å². The van der Waals surface area contributed by atoms with Crippen molar-refractivity contribution in [3.63, 3.8) is 0 Å². The van der Waals surface area contributed by atoms with E-state index in [1.54, 1.807) is 12.1 Å². The summed E-state index contributed by atoms with van der Waals surface area (Å²) in [6.07, 6.45) is 2.01. The van der Waals surface area contributed by atoms with Crippen molar-refractivity contribution in [2.45, 2.75) is 18.9 Å². The Morgan fingerprint density at radius 2 is 2.28 bits per heavy atom. The van der Waals surface area contributed by atoms with Gasteiger partial charge in [-0.1, -0.05) is 15.9 Å². The van der Waals surface area contributed by atoms with Crippen LogP contribution in [0.2, 0.25) is 0 Å². The van der Waals surface area contributed by atoms with Gasteiger partial charge >= 0.3 is 5.69 Å². The SMILES string of the molecule is CNCC1CC(Oc2ccc(Br)cc2[N+](=O)[O-])C1. The van der Waals surface area contributed by atoms with Crippen LogP contribution in [0.25, 0.3) is 0 Å². The molecule has 2 rings (SSSR count). The summed E-state index contributed by atoms with van der Waals surface area (Å²) < 4.78 is 6.37. The largest absolute Gasteiger partial charge is 0.483 e. The number of nitro benzene ring substituents is 1. The van der Waals surface area contributed by atoms with Gasteiger partial charge in [-0.15, -0.1) is 0 Å². The van der Waals surface area contributed by atoms with E-state index in [1.165, 1.54) is 6.07 Å². The van der Waals surface area contributed by atoms with Gasteiger partial charge in [0.25, 0.3) is 0 Å². The topological polar surface area (TPSA) is 64.4 Å². The van der Waals surface area contributed by atoms with Gasteiger partial charge in [-0.25, -0.2) is 0 Å². The average Bonchev–Trinajstić information content (AvgIpc) is 2.28. The van der Waals surface area contributed by atoms with Gasteiger partial charge < -0.3 is 10.1 Å². The van der Waals surface area contributed by atoms with Crippen LogP contribution in [-0.2, 0) is 0 Å². The van der Waals surface area contributed by atoms with Gasteiger partial charge in [0.15, 0.2) is 5.75 Å². The quantitative estimate of drug-likeness (QED) is 0.670. The second kappa shape index (κ2) is 5.67. The van der Waals surface area contributed by atoms with Crippen molar-refractivity contribution in [2.75, 3.05) is 13.6 Å². The van der Waals surface area contributed by atoms with Crippen LogP contribution in [0.1, 0.15) is 12.8 Å². The summed E-state index contributed by atoms with van der Waals surface area (Å²) in [5.41, 5.74) is 0.0152. The highest BCUT2D eigenvalue weighted by atomic mass is 79.9. The van der Waals surface area contributed by atoms with Gasteiger partial charge in [0.05, 0.1) is 11.0 Å². The first-order valence-corrected chi connectivity index (χ1v) is 6.64. The van der Waals surface area contributed by atoms with Gasteiger partial charge in [-0.2, -0.15) is 0 Å². The number of rotatable bonds is 5. The Bertz CT molecular complexity index is 447. The molecule has 0 unspecified atom stereocenters. The van der Waals surface area contributed by atoms with Crippen LogP contribution in [-0.4, -0.2) is 24.6 Å². The molecule has 18 heavy (non-hydrogen) atoms. The summed E-state index contributed by atoms with van der Waals surface area (Å²) in [6.45, 7) is 0.974. The van der Waals surface area contributed by atoms with E-state index in [2.05, 4.69) is 21.2 Å². The first-order valence-electron chi connectivity index (χ1n) is 5.85. The van der Waals surface area contributed by atoms with Crippen LogP contribution in [0.15, 0.2) is 22.7 Å². The summed E-state index contributed by atoms with van der Waals surface area (Å²) in [5, 5.41) is 14.0. The molecule has 0 radical (unpaired) electrons. The Balaban J connectivity index is 2.00. The molecule has 1 aromatic carbocycles. The molecule has 0 amide bonds. The predicted molar refractivity (Wildman–Crippen MR) is 71.9 cm³/mol. The van der Waals surface area contributed by atoms with Gasteiger partial charge in [-0.3, -0.25) is 10.1 Å². The van der Waals surface area contributed by atoms with E-state index < -0.39 is 4.92 Å². The fraction of sp³-hybridized carbons (Fsp3) is 0.500. The van der Waals surface area contributed by atoms with Crippen LogP contribution in [0.4, 0.5) is 5.69 Å². The van der Waals surface area contributed by atoms with Crippen LogP contribution in [0.3, 0.4) is 0 Å². The van der Waals surface area contributed by atoms with Crippen molar-refractivity contribution in [3.8, 4) is 5.75 Å². The van der Waals surface area contributed by atoms with Gasteiger partial charge in [0, 0.05) is 10.5 Å².